The molecule has 156 valence electrons. The second-order valence-corrected chi connectivity index (χ2v) is 7.68. The molecule has 0 saturated carbocycles. The van der Waals surface area contributed by atoms with Gasteiger partial charge in [0.05, 0.1) is 19.3 Å². The molecule has 0 saturated heterocycles. The van der Waals surface area contributed by atoms with Gasteiger partial charge in [-0.3, -0.25) is 4.79 Å². The van der Waals surface area contributed by atoms with E-state index in [1.165, 1.54) is 12.1 Å². The van der Waals surface area contributed by atoms with Crippen LogP contribution in [0.3, 0.4) is 0 Å². The van der Waals surface area contributed by atoms with Crippen LogP contribution in [0.25, 0.3) is 10.8 Å². The number of hydrogen-bond donors (Lipinski definition) is 2. The first kappa shape index (κ1) is 20.4. The number of rotatable bonds is 3. The van der Waals surface area contributed by atoms with Crippen LogP contribution >= 0.6 is 11.6 Å². The molecule has 0 unspecified atom stereocenters. The number of nitrogens with one attached hydrogen (secondary N) is 2. The van der Waals surface area contributed by atoms with Crippen LogP contribution in [0.15, 0.2) is 41.2 Å². The van der Waals surface area contributed by atoms with E-state index < -0.39 is 6.04 Å². The summed E-state index contributed by atoms with van der Waals surface area (Å²) in [6.45, 7) is 4.47. The Bertz CT molecular complexity index is 1190. The molecule has 0 fully saturated rings. The number of amides is 2. The first-order chi connectivity index (χ1) is 14.4. The molecule has 0 bridgehead atoms. The van der Waals surface area contributed by atoms with E-state index in [1.54, 1.807) is 36.1 Å². The van der Waals surface area contributed by atoms with E-state index in [1.807, 2.05) is 6.92 Å². The normalized spacial score (nSPS) is 15.7. The van der Waals surface area contributed by atoms with Crippen LogP contribution in [0, 0.1) is 12.7 Å². The molecular weight excluding hydrogens is 409 g/mol. The molecule has 2 aromatic carbocycles. The zero-order chi connectivity index (χ0) is 21.4. The lowest BCUT2D eigenvalue weighted by Crippen LogP contribution is -2.42. The van der Waals surface area contributed by atoms with Gasteiger partial charge < -0.3 is 19.9 Å². The number of nitrogens with zero attached hydrogens (tertiary/aromatic N) is 1. The molecule has 0 spiro atoms. The van der Waals surface area contributed by atoms with Crippen LogP contribution in [0.1, 0.15) is 29.8 Å². The van der Waals surface area contributed by atoms with E-state index >= 15 is 0 Å². The van der Waals surface area contributed by atoms with Crippen LogP contribution in [-0.4, -0.2) is 29.1 Å². The van der Waals surface area contributed by atoms with Crippen LogP contribution in [0.5, 0.6) is 0 Å². The fourth-order valence-electron chi connectivity index (χ4n) is 3.89. The average Bonchev–Trinajstić information content (AvgIpc) is 2.71. The minimum atomic E-state index is -0.402. The Balaban J connectivity index is 1.74. The number of pyridine rings is 1. The van der Waals surface area contributed by atoms with Gasteiger partial charge in [-0.15, -0.1) is 0 Å². The van der Waals surface area contributed by atoms with Crippen molar-refractivity contribution in [3.63, 3.8) is 0 Å². The number of aryl methyl sites for hydroxylation is 1. The predicted molar refractivity (Wildman–Crippen MR) is 115 cm³/mol. The van der Waals surface area contributed by atoms with E-state index in [0.29, 0.717) is 40.5 Å². The molecule has 1 aliphatic heterocycles. The molecule has 0 radical (unpaired) electrons. The van der Waals surface area contributed by atoms with Gasteiger partial charge in [-0.25, -0.2) is 9.18 Å². The molecule has 1 atom stereocenters. The molecule has 8 heteroatoms. The summed E-state index contributed by atoms with van der Waals surface area (Å²) in [5.74, 6) is -0.330. The second-order valence-electron chi connectivity index (χ2n) is 7.25. The number of fused-ring (bicyclic) bond motifs is 3. The van der Waals surface area contributed by atoms with Crippen molar-refractivity contribution in [1.82, 2.24) is 9.88 Å². The molecule has 4 rings (SSSR count). The molecule has 1 aromatic heterocycles. The van der Waals surface area contributed by atoms with Crippen LogP contribution in [-0.2, 0) is 11.3 Å². The van der Waals surface area contributed by atoms with Crippen molar-refractivity contribution in [2.24, 2.45) is 0 Å². The van der Waals surface area contributed by atoms with E-state index in [2.05, 4.69) is 10.3 Å². The van der Waals surface area contributed by atoms with Crippen molar-refractivity contribution in [2.45, 2.75) is 26.5 Å². The smallest absolute Gasteiger partial charge is 0.322 e. The lowest BCUT2D eigenvalue weighted by Gasteiger charge is -2.35. The van der Waals surface area contributed by atoms with Crippen molar-refractivity contribution in [3.8, 4) is 0 Å². The minimum absolute atomic E-state index is 0.246. The number of benzene rings is 2. The quantitative estimate of drug-likeness (QED) is 0.630. The summed E-state index contributed by atoms with van der Waals surface area (Å²) in [5.41, 5.74) is 2.20. The standard InChI is InChI=1S/C22H21ClFN3O3/c1-3-27(22(29)25-14-5-7-17(24)12(2)8-14)19-11-30-10-18-20(19)15-6-4-13(23)9-16(15)21(28)26-18/h4-9,19H,3,10-11H2,1-2H3,(H,25,29)(H,26,28)/t19-/m1/s1. The molecule has 0 aliphatic carbocycles. The largest absolute Gasteiger partial charge is 0.373 e. The summed E-state index contributed by atoms with van der Waals surface area (Å²) in [6.07, 6.45) is 0. The van der Waals surface area contributed by atoms with Crippen molar-refractivity contribution in [1.29, 1.82) is 0 Å². The number of aromatic amines is 1. The minimum Gasteiger partial charge on any atom is -0.373 e. The van der Waals surface area contributed by atoms with Crippen molar-refractivity contribution in [3.05, 3.63) is 74.4 Å². The van der Waals surface area contributed by atoms with Gasteiger partial charge in [0.1, 0.15) is 5.82 Å². The molecule has 2 heterocycles. The zero-order valence-electron chi connectivity index (χ0n) is 16.6. The summed E-state index contributed by atoms with van der Waals surface area (Å²) in [4.78, 5) is 30.1. The summed E-state index contributed by atoms with van der Waals surface area (Å²) in [7, 11) is 0. The number of halogens is 2. The Morgan fingerprint density at radius 3 is 2.83 bits per heavy atom. The first-order valence-electron chi connectivity index (χ1n) is 9.65. The van der Waals surface area contributed by atoms with Gasteiger partial charge in [-0.05, 0) is 55.1 Å². The number of likely N-dealkylation sites (N-methyl/N-ethyl adjacent to an activating group) is 1. The zero-order valence-corrected chi connectivity index (χ0v) is 17.3. The Labute approximate surface area is 177 Å². The lowest BCUT2D eigenvalue weighted by molar-refractivity contribution is 0.0471. The van der Waals surface area contributed by atoms with Crippen molar-refractivity contribution < 1.29 is 13.9 Å². The number of urea groups is 1. The molecule has 3 aromatic rings. The summed E-state index contributed by atoms with van der Waals surface area (Å²) in [6, 6.07) is 8.85. The van der Waals surface area contributed by atoms with E-state index in [-0.39, 0.29) is 24.0 Å². The monoisotopic (exact) mass is 429 g/mol. The maximum Gasteiger partial charge on any atom is 0.322 e. The predicted octanol–water partition coefficient (Wildman–Crippen LogP) is 4.75. The highest BCUT2D eigenvalue weighted by molar-refractivity contribution is 6.31. The number of aromatic nitrogens is 1. The van der Waals surface area contributed by atoms with Crippen LogP contribution < -0.4 is 10.9 Å². The average molecular weight is 430 g/mol. The third-order valence-corrected chi connectivity index (χ3v) is 5.58. The van der Waals surface area contributed by atoms with Gasteiger partial charge in [0.25, 0.3) is 5.56 Å². The number of hydrogen-bond acceptors (Lipinski definition) is 3. The summed E-state index contributed by atoms with van der Waals surface area (Å²) >= 11 is 6.09. The number of carbonyl (C=O) groups is 1. The topological polar surface area (TPSA) is 74.4 Å². The van der Waals surface area contributed by atoms with Gasteiger partial charge >= 0.3 is 6.03 Å². The van der Waals surface area contributed by atoms with Crippen LogP contribution in [0.2, 0.25) is 5.02 Å². The second kappa shape index (κ2) is 8.08. The third-order valence-electron chi connectivity index (χ3n) is 5.35. The fraction of sp³-hybridized carbons (Fsp3) is 0.273. The van der Waals surface area contributed by atoms with Gasteiger partial charge in [0, 0.05) is 33.9 Å². The number of carbonyl (C=O) groups excluding carboxylic acids is 1. The highest BCUT2D eigenvalue weighted by Crippen LogP contribution is 2.34. The highest BCUT2D eigenvalue weighted by Gasteiger charge is 2.32. The molecule has 2 amide bonds. The van der Waals surface area contributed by atoms with E-state index in [0.717, 1.165) is 10.9 Å². The number of H-pyrrole nitrogens is 1. The Hall–Kier alpha value is -2.90. The van der Waals surface area contributed by atoms with Gasteiger partial charge in [0.15, 0.2) is 0 Å². The Morgan fingerprint density at radius 1 is 1.30 bits per heavy atom. The summed E-state index contributed by atoms with van der Waals surface area (Å²) < 4.78 is 19.2. The van der Waals surface area contributed by atoms with E-state index in [9.17, 15) is 14.0 Å². The maximum absolute atomic E-state index is 13.5. The Morgan fingerprint density at radius 2 is 2.10 bits per heavy atom. The third kappa shape index (κ3) is 3.66. The fourth-order valence-corrected chi connectivity index (χ4v) is 4.07. The van der Waals surface area contributed by atoms with Crippen molar-refractivity contribution >= 4 is 34.1 Å². The molecular formula is C22H21ClFN3O3. The van der Waals surface area contributed by atoms with Gasteiger partial charge in [-0.2, -0.15) is 0 Å². The van der Waals surface area contributed by atoms with Gasteiger partial charge in [-0.1, -0.05) is 17.7 Å². The van der Waals surface area contributed by atoms with E-state index in [4.69, 9.17) is 16.3 Å². The van der Waals surface area contributed by atoms with Crippen molar-refractivity contribution in [2.75, 3.05) is 18.5 Å². The molecule has 6 nitrogen and oxygen atoms in total. The maximum atomic E-state index is 13.5. The lowest BCUT2D eigenvalue weighted by atomic mass is 9.95. The summed E-state index contributed by atoms with van der Waals surface area (Å²) in [5, 5.41) is 4.51. The SMILES string of the molecule is CCN(C(=O)Nc1ccc(F)c(C)c1)[C@@H]1COCc2[nH]c(=O)c3cc(Cl)ccc3c21. The molecule has 30 heavy (non-hydrogen) atoms. The number of anilines is 1. The first-order valence-corrected chi connectivity index (χ1v) is 10.0. The van der Waals surface area contributed by atoms with Gasteiger partial charge in [0.2, 0.25) is 0 Å². The Kier molecular flexibility index (Phi) is 5.49. The van der Waals surface area contributed by atoms with Crippen LogP contribution in [0.4, 0.5) is 14.9 Å². The molecule has 2 N–H and O–H groups in total. The highest BCUT2D eigenvalue weighted by atomic mass is 35.5. The number of ether oxygens (including phenoxy) is 1. The molecule has 1 aliphatic rings.